The minimum Gasteiger partial charge on any atom is -0.460 e. The fourth-order valence-electron chi connectivity index (χ4n) is 3.27. The topological polar surface area (TPSA) is 99.2 Å². The van der Waals surface area contributed by atoms with Crippen molar-refractivity contribution in [1.29, 1.82) is 0 Å². The van der Waals surface area contributed by atoms with Gasteiger partial charge in [0, 0.05) is 28.0 Å². The number of esters is 2. The highest BCUT2D eigenvalue weighted by atomic mass is 16.6. The number of rotatable bonds is 3. The average Bonchev–Trinajstić information content (AvgIpc) is 2.63. The van der Waals surface area contributed by atoms with E-state index in [1.165, 1.54) is 28.0 Å². The van der Waals surface area contributed by atoms with Crippen LogP contribution in [0.4, 0.5) is 0 Å². The Kier molecular flexibility index (Phi) is 4.50. The molecule has 0 aromatic rings. The van der Waals surface area contributed by atoms with Crippen molar-refractivity contribution in [2.75, 3.05) is 14.2 Å². The molecule has 0 radical (unpaired) electrons. The van der Waals surface area contributed by atoms with Gasteiger partial charge in [-0.2, -0.15) is 0 Å². The number of imide groups is 1. The molecule has 122 valence electrons. The van der Waals surface area contributed by atoms with E-state index in [-0.39, 0.29) is 12.3 Å². The van der Waals surface area contributed by atoms with E-state index in [0.29, 0.717) is 0 Å². The lowest BCUT2D eigenvalue weighted by atomic mass is 9.75. The maximum Gasteiger partial charge on any atom is 0.303 e. The van der Waals surface area contributed by atoms with Crippen molar-refractivity contribution in [1.82, 2.24) is 4.90 Å². The quantitative estimate of drug-likeness (QED) is 0.511. The zero-order chi connectivity index (χ0) is 16.6. The third-order valence-corrected chi connectivity index (χ3v) is 4.12. The summed E-state index contributed by atoms with van der Waals surface area (Å²) in [5.41, 5.74) is 0. The van der Waals surface area contributed by atoms with Crippen LogP contribution in [0.3, 0.4) is 0 Å². The van der Waals surface area contributed by atoms with E-state index in [4.69, 9.17) is 14.2 Å². The van der Waals surface area contributed by atoms with Crippen LogP contribution in [0, 0.1) is 11.8 Å². The highest BCUT2D eigenvalue weighted by molar-refractivity contribution is 6.05. The van der Waals surface area contributed by atoms with Gasteiger partial charge in [-0.25, -0.2) is 0 Å². The SMILES string of the molecule is CO[C@@H]1[C@@H](OC(C)=O)CC2C(=O)N(C)C(=O)C2[C@H]1OC(C)=O. The van der Waals surface area contributed by atoms with Crippen LogP contribution in [-0.4, -0.2) is 61.1 Å². The number of nitrogens with zero attached hydrogens (tertiary/aromatic N) is 1. The fraction of sp³-hybridized carbons (Fsp3) is 0.714. The first-order chi connectivity index (χ1) is 10.3. The molecular formula is C14H19NO7. The van der Waals surface area contributed by atoms with Gasteiger partial charge in [-0.3, -0.25) is 24.1 Å². The van der Waals surface area contributed by atoms with Crippen LogP contribution in [0.15, 0.2) is 0 Å². The first kappa shape index (κ1) is 16.4. The van der Waals surface area contributed by atoms with Crippen molar-refractivity contribution in [2.24, 2.45) is 11.8 Å². The van der Waals surface area contributed by atoms with Gasteiger partial charge in [-0.05, 0) is 6.42 Å². The molecule has 0 aromatic heterocycles. The van der Waals surface area contributed by atoms with E-state index in [9.17, 15) is 19.2 Å². The Balaban J connectivity index is 2.38. The Labute approximate surface area is 127 Å². The lowest BCUT2D eigenvalue weighted by Crippen LogP contribution is -2.55. The fourth-order valence-corrected chi connectivity index (χ4v) is 3.27. The second-order valence-corrected chi connectivity index (χ2v) is 5.53. The molecule has 8 nitrogen and oxygen atoms in total. The van der Waals surface area contributed by atoms with Gasteiger partial charge in [-0.15, -0.1) is 0 Å². The Hall–Kier alpha value is -1.96. The van der Waals surface area contributed by atoms with Gasteiger partial charge in [0.15, 0.2) is 0 Å². The molecule has 1 saturated heterocycles. The zero-order valence-corrected chi connectivity index (χ0v) is 12.9. The van der Waals surface area contributed by atoms with E-state index in [1.54, 1.807) is 0 Å². The Bertz CT molecular complexity index is 517. The summed E-state index contributed by atoms with van der Waals surface area (Å²) in [7, 11) is 2.76. The molecule has 8 heteroatoms. The first-order valence-corrected chi connectivity index (χ1v) is 6.96. The highest BCUT2D eigenvalue weighted by Gasteiger charge is 2.59. The van der Waals surface area contributed by atoms with Crippen molar-refractivity contribution >= 4 is 23.8 Å². The number of hydrogen-bond donors (Lipinski definition) is 0. The zero-order valence-electron chi connectivity index (χ0n) is 12.9. The van der Waals surface area contributed by atoms with E-state index in [0.717, 1.165) is 4.90 Å². The third kappa shape index (κ3) is 2.70. The van der Waals surface area contributed by atoms with E-state index >= 15 is 0 Å². The van der Waals surface area contributed by atoms with Crippen LogP contribution in [-0.2, 0) is 33.4 Å². The largest absolute Gasteiger partial charge is 0.460 e. The molecule has 0 spiro atoms. The summed E-state index contributed by atoms with van der Waals surface area (Å²) in [6, 6.07) is 0. The molecule has 0 aromatic carbocycles. The number of carbonyl (C=O) groups excluding carboxylic acids is 4. The highest BCUT2D eigenvalue weighted by Crippen LogP contribution is 2.41. The predicted octanol–water partition coefficient (Wildman–Crippen LogP) is -0.500. The summed E-state index contributed by atoms with van der Waals surface area (Å²) in [4.78, 5) is 48.1. The number of ether oxygens (including phenoxy) is 3. The monoisotopic (exact) mass is 313 g/mol. The van der Waals surface area contributed by atoms with E-state index < -0.39 is 48.0 Å². The predicted molar refractivity (Wildman–Crippen MR) is 71.3 cm³/mol. The Morgan fingerprint density at radius 3 is 2.14 bits per heavy atom. The number of fused-ring (bicyclic) bond motifs is 1. The smallest absolute Gasteiger partial charge is 0.303 e. The second kappa shape index (κ2) is 6.04. The average molecular weight is 313 g/mol. The number of carbonyl (C=O) groups is 4. The molecule has 1 aliphatic carbocycles. The summed E-state index contributed by atoms with van der Waals surface area (Å²) in [6.45, 7) is 2.45. The maximum atomic E-state index is 12.3. The molecule has 0 N–H and O–H groups in total. The Morgan fingerprint density at radius 1 is 1.05 bits per heavy atom. The molecule has 2 aliphatic rings. The van der Waals surface area contributed by atoms with Crippen LogP contribution in [0.2, 0.25) is 0 Å². The van der Waals surface area contributed by atoms with Crippen LogP contribution >= 0.6 is 0 Å². The second-order valence-electron chi connectivity index (χ2n) is 5.53. The van der Waals surface area contributed by atoms with E-state index in [2.05, 4.69) is 0 Å². The van der Waals surface area contributed by atoms with Crippen LogP contribution in [0.5, 0.6) is 0 Å². The summed E-state index contributed by atoms with van der Waals surface area (Å²) < 4.78 is 15.7. The Morgan fingerprint density at radius 2 is 1.64 bits per heavy atom. The summed E-state index contributed by atoms with van der Waals surface area (Å²) in [5.74, 6) is -3.39. The number of amides is 2. The van der Waals surface area contributed by atoms with Gasteiger partial charge in [0.1, 0.15) is 18.3 Å². The molecular weight excluding hydrogens is 294 g/mol. The van der Waals surface area contributed by atoms with Crippen molar-refractivity contribution in [3.05, 3.63) is 0 Å². The number of likely N-dealkylation sites (tertiary alicyclic amines) is 1. The van der Waals surface area contributed by atoms with Gasteiger partial charge in [0.05, 0.1) is 11.8 Å². The molecule has 5 atom stereocenters. The molecule has 0 bridgehead atoms. The van der Waals surface area contributed by atoms with Crippen molar-refractivity contribution in [2.45, 2.75) is 38.6 Å². The number of hydrogen-bond acceptors (Lipinski definition) is 7. The molecule has 2 fully saturated rings. The van der Waals surface area contributed by atoms with Gasteiger partial charge >= 0.3 is 11.9 Å². The molecule has 1 saturated carbocycles. The molecule has 22 heavy (non-hydrogen) atoms. The van der Waals surface area contributed by atoms with Crippen molar-refractivity contribution in [3.8, 4) is 0 Å². The summed E-state index contributed by atoms with van der Waals surface area (Å²) in [6.07, 6.45) is -2.35. The lowest BCUT2D eigenvalue weighted by molar-refractivity contribution is -0.192. The normalized spacial score (nSPS) is 34.4. The van der Waals surface area contributed by atoms with Gasteiger partial charge in [0.2, 0.25) is 11.8 Å². The van der Waals surface area contributed by atoms with Gasteiger partial charge in [-0.1, -0.05) is 0 Å². The molecule has 1 heterocycles. The maximum absolute atomic E-state index is 12.3. The summed E-state index contributed by atoms with van der Waals surface area (Å²) >= 11 is 0. The molecule has 2 amide bonds. The minimum absolute atomic E-state index is 0.162. The molecule has 2 rings (SSSR count). The van der Waals surface area contributed by atoms with E-state index in [1.807, 2.05) is 0 Å². The number of methoxy groups -OCH3 is 1. The van der Waals surface area contributed by atoms with Gasteiger partial charge in [0.25, 0.3) is 0 Å². The lowest BCUT2D eigenvalue weighted by Gasteiger charge is -2.40. The van der Waals surface area contributed by atoms with Gasteiger partial charge < -0.3 is 14.2 Å². The third-order valence-electron chi connectivity index (χ3n) is 4.12. The molecule has 1 aliphatic heterocycles. The summed E-state index contributed by atoms with van der Waals surface area (Å²) in [5, 5.41) is 0. The first-order valence-electron chi connectivity index (χ1n) is 6.96. The standard InChI is InChI=1S/C14H19NO7/c1-6(16)21-9-5-8-10(14(19)15(3)13(8)18)12(11(9)20-4)22-7(2)17/h8-12H,5H2,1-4H3/t8?,9-,10?,11+,12+/m0/s1. The van der Waals surface area contributed by atoms with Crippen LogP contribution in [0.25, 0.3) is 0 Å². The van der Waals surface area contributed by atoms with Crippen LogP contribution < -0.4 is 0 Å². The van der Waals surface area contributed by atoms with Crippen molar-refractivity contribution < 1.29 is 33.4 Å². The van der Waals surface area contributed by atoms with Crippen LogP contribution in [0.1, 0.15) is 20.3 Å². The van der Waals surface area contributed by atoms with Crippen molar-refractivity contribution in [3.63, 3.8) is 0 Å². The molecule has 2 unspecified atom stereocenters. The minimum atomic E-state index is -0.966.